The quantitative estimate of drug-likeness (QED) is 0.440. The van der Waals surface area contributed by atoms with Gasteiger partial charge in [-0.2, -0.15) is 0 Å². The van der Waals surface area contributed by atoms with E-state index in [1.54, 1.807) is 50.2 Å². The Labute approximate surface area is 208 Å². The van der Waals surface area contributed by atoms with Gasteiger partial charge in [0.1, 0.15) is 11.8 Å². The SMILES string of the molecule is CC(C)(CC(=O)O)CC(=O)N[C@@H]1C[C@@H]2C(=O)Nc3ccc(C=Cc4ccc(O)cc4)cc3C(=O)N2C1. The highest BCUT2D eigenvalue weighted by atomic mass is 16.4. The number of anilines is 1. The van der Waals surface area contributed by atoms with Crippen LogP contribution in [-0.2, 0) is 14.4 Å². The third kappa shape index (κ3) is 5.73. The molecule has 4 N–H and O–H groups in total. The van der Waals surface area contributed by atoms with Gasteiger partial charge in [-0.3, -0.25) is 19.2 Å². The molecule has 0 aliphatic carbocycles. The van der Waals surface area contributed by atoms with Crippen LogP contribution in [0.4, 0.5) is 5.69 Å². The number of amides is 3. The molecule has 188 valence electrons. The molecule has 9 nitrogen and oxygen atoms in total. The number of fused-ring (bicyclic) bond motifs is 2. The standard InChI is InChI=1S/C27H29N3O6/c1-27(2,14-24(33)34)13-23(32)28-18-12-22-25(35)29-21-10-7-17(11-20(21)26(36)30(22)15-18)4-3-16-5-8-19(31)9-6-16/h3-11,18,22,31H,12-15H2,1-2H3,(H,28,32)(H,29,35)(H,33,34)/t18-,22-/m1/s1. The fraction of sp³-hybridized carbons (Fsp3) is 0.333. The van der Waals surface area contributed by atoms with Crippen LogP contribution >= 0.6 is 0 Å². The topological polar surface area (TPSA) is 136 Å². The van der Waals surface area contributed by atoms with Crippen LogP contribution in [0.15, 0.2) is 42.5 Å². The highest BCUT2D eigenvalue weighted by Gasteiger charge is 2.43. The summed E-state index contributed by atoms with van der Waals surface area (Å²) in [7, 11) is 0. The third-order valence-corrected chi connectivity index (χ3v) is 6.39. The summed E-state index contributed by atoms with van der Waals surface area (Å²) in [6.45, 7) is 3.61. The van der Waals surface area contributed by atoms with Crippen molar-refractivity contribution in [1.82, 2.24) is 10.2 Å². The number of carbonyl (C=O) groups excluding carboxylic acids is 3. The summed E-state index contributed by atoms with van der Waals surface area (Å²) in [4.78, 5) is 51.4. The highest BCUT2D eigenvalue weighted by Crippen LogP contribution is 2.31. The smallest absolute Gasteiger partial charge is 0.303 e. The lowest BCUT2D eigenvalue weighted by Crippen LogP contribution is -2.41. The number of carboxylic acid groups (broad SMARTS) is 1. The van der Waals surface area contributed by atoms with Gasteiger partial charge >= 0.3 is 5.97 Å². The maximum absolute atomic E-state index is 13.4. The van der Waals surface area contributed by atoms with Gasteiger partial charge in [-0.25, -0.2) is 0 Å². The number of rotatable bonds is 7. The van der Waals surface area contributed by atoms with Crippen molar-refractivity contribution < 1.29 is 29.4 Å². The number of aliphatic carboxylic acids is 1. The molecule has 0 unspecified atom stereocenters. The molecule has 0 bridgehead atoms. The predicted octanol–water partition coefficient (Wildman–Crippen LogP) is 3.11. The molecule has 2 aromatic carbocycles. The third-order valence-electron chi connectivity index (χ3n) is 6.39. The molecule has 3 amide bonds. The molecule has 36 heavy (non-hydrogen) atoms. The molecule has 0 spiro atoms. The predicted molar refractivity (Wildman–Crippen MR) is 134 cm³/mol. The number of hydrogen-bond acceptors (Lipinski definition) is 5. The van der Waals surface area contributed by atoms with E-state index >= 15 is 0 Å². The van der Waals surface area contributed by atoms with Crippen molar-refractivity contribution in [2.24, 2.45) is 5.41 Å². The van der Waals surface area contributed by atoms with Crippen molar-refractivity contribution in [3.8, 4) is 5.75 Å². The zero-order chi connectivity index (χ0) is 26.0. The van der Waals surface area contributed by atoms with E-state index in [2.05, 4.69) is 10.6 Å². The first-order valence-electron chi connectivity index (χ1n) is 11.7. The Kier molecular flexibility index (Phi) is 6.83. The van der Waals surface area contributed by atoms with Gasteiger partial charge in [-0.15, -0.1) is 0 Å². The summed E-state index contributed by atoms with van der Waals surface area (Å²) in [6, 6.07) is 10.8. The second kappa shape index (κ2) is 9.85. The van der Waals surface area contributed by atoms with Crippen molar-refractivity contribution in [2.75, 3.05) is 11.9 Å². The lowest BCUT2D eigenvalue weighted by atomic mass is 9.85. The second-order valence-electron chi connectivity index (χ2n) is 10.1. The average Bonchev–Trinajstić information content (AvgIpc) is 3.17. The fourth-order valence-corrected chi connectivity index (χ4v) is 4.70. The Hall–Kier alpha value is -4.14. The maximum atomic E-state index is 13.4. The normalized spacial score (nSPS) is 19.4. The Morgan fingerprint density at radius 3 is 2.44 bits per heavy atom. The molecule has 1 fully saturated rings. The molecular formula is C27H29N3O6. The zero-order valence-corrected chi connectivity index (χ0v) is 20.2. The first-order chi connectivity index (χ1) is 17.0. The van der Waals surface area contributed by atoms with Gasteiger partial charge in [0.15, 0.2) is 0 Å². The van der Waals surface area contributed by atoms with E-state index in [1.807, 2.05) is 18.2 Å². The van der Waals surface area contributed by atoms with E-state index < -0.39 is 23.5 Å². The van der Waals surface area contributed by atoms with Gasteiger partial charge in [-0.1, -0.05) is 44.2 Å². The Morgan fingerprint density at radius 1 is 1.08 bits per heavy atom. The first kappa shape index (κ1) is 25.0. The summed E-state index contributed by atoms with van der Waals surface area (Å²) < 4.78 is 0. The molecule has 0 aromatic heterocycles. The summed E-state index contributed by atoms with van der Waals surface area (Å²) in [6.07, 6.45) is 3.87. The van der Waals surface area contributed by atoms with Crippen LogP contribution in [0, 0.1) is 5.41 Å². The summed E-state index contributed by atoms with van der Waals surface area (Å²) in [5, 5.41) is 24.2. The number of nitrogens with zero attached hydrogens (tertiary/aromatic N) is 1. The molecule has 9 heteroatoms. The molecule has 2 atom stereocenters. The van der Waals surface area contributed by atoms with Gasteiger partial charge in [-0.05, 0) is 47.2 Å². The van der Waals surface area contributed by atoms with Crippen LogP contribution < -0.4 is 10.6 Å². The van der Waals surface area contributed by atoms with E-state index in [-0.39, 0.29) is 49.3 Å². The lowest BCUT2D eigenvalue weighted by Gasteiger charge is -2.23. The molecule has 0 radical (unpaired) electrons. The molecule has 2 aromatic rings. The summed E-state index contributed by atoms with van der Waals surface area (Å²) in [5.41, 5.74) is 1.75. The van der Waals surface area contributed by atoms with Gasteiger partial charge in [0.05, 0.1) is 17.7 Å². The Morgan fingerprint density at radius 2 is 1.75 bits per heavy atom. The number of hydrogen-bond donors (Lipinski definition) is 4. The Bertz CT molecular complexity index is 1230. The number of carbonyl (C=O) groups is 4. The second-order valence-corrected chi connectivity index (χ2v) is 10.1. The van der Waals surface area contributed by atoms with Crippen molar-refractivity contribution in [3.63, 3.8) is 0 Å². The van der Waals surface area contributed by atoms with Crippen molar-refractivity contribution in [2.45, 2.75) is 45.2 Å². The Balaban J connectivity index is 1.47. The first-order valence-corrected chi connectivity index (χ1v) is 11.7. The van der Waals surface area contributed by atoms with E-state index in [0.717, 1.165) is 11.1 Å². The number of phenols is 1. The van der Waals surface area contributed by atoms with E-state index in [0.29, 0.717) is 11.3 Å². The summed E-state index contributed by atoms with van der Waals surface area (Å²) >= 11 is 0. The van der Waals surface area contributed by atoms with E-state index in [9.17, 15) is 24.3 Å². The molecule has 2 aliphatic heterocycles. The number of aromatic hydroxyl groups is 1. The maximum Gasteiger partial charge on any atom is 0.303 e. The van der Waals surface area contributed by atoms with Crippen molar-refractivity contribution in [1.29, 1.82) is 0 Å². The van der Waals surface area contributed by atoms with Gasteiger partial charge < -0.3 is 25.7 Å². The minimum atomic E-state index is -0.972. The van der Waals surface area contributed by atoms with Crippen LogP contribution in [0.1, 0.15) is 54.6 Å². The molecule has 2 aliphatic rings. The number of nitrogens with one attached hydrogen (secondary N) is 2. The van der Waals surface area contributed by atoms with Crippen LogP contribution in [0.3, 0.4) is 0 Å². The van der Waals surface area contributed by atoms with Crippen LogP contribution in [-0.4, -0.2) is 57.4 Å². The molecule has 1 saturated heterocycles. The largest absolute Gasteiger partial charge is 0.508 e. The fourth-order valence-electron chi connectivity index (χ4n) is 4.70. The van der Waals surface area contributed by atoms with Crippen LogP contribution in [0.5, 0.6) is 5.75 Å². The lowest BCUT2D eigenvalue weighted by molar-refractivity contribution is -0.139. The van der Waals surface area contributed by atoms with E-state index in [4.69, 9.17) is 5.11 Å². The van der Waals surface area contributed by atoms with Crippen LogP contribution in [0.25, 0.3) is 12.2 Å². The van der Waals surface area contributed by atoms with Crippen molar-refractivity contribution in [3.05, 3.63) is 59.2 Å². The van der Waals surface area contributed by atoms with Crippen LogP contribution in [0.2, 0.25) is 0 Å². The minimum Gasteiger partial charge on any atom is -0.508 e. The van der Waals surface area contributed by atoms with Crippen molar-refractivity contribution >= 4 is 41.5 Å². The highest BCUT2D eigenvalue weighted by molar-refractivity contribution is 6.10. The molecule has 0 saturated carbocycles. The monoisotopic (exact) mass is 491 g/mol. The summed E-state index contributed by atoms with van der Waals surface area (Å²) in [5.74, 6) is -1.70. The van der Waals surface area contributed by atoms with Gasteiger partial charge in [0.25, 0.3) is 5.91 Å². The van der Waals surface area contributed by atoms with Gasteiger partial charge in [0.2, 0.25) is 11.8 Å². The number of phenolic OH excluding ortho intramolecular Hbond substituents is 1. The molecule has 2 heterocycles. The number of benzene rings is 2. The molecule has 4 rings (SSSR count). The number of carboxylic acids is 1. The van der Waals surface area contributed by atoms with Gasteiger partial charge in [0, 0.05) is 19.0 Å². The zero-order valence-electron chi connectivity index (χ0n) is 20.2. The average molecular weight is 492 g/mol. The van der Waals surface area contributed by atoms with E-state index in [1.165, 1.54) is 4.90 Å². The minimum absolute atomic E-state index is 0.0279. The molecular weight excluding hydrogens is 462 g/mol.